The minimum absolute atomic E-state index is 0.0409. The molecule has 0 amide bonds. The van der Waals surface area contributed by atoms with E-state index in [0.717, 1.165) is 55.1 Å². The van der Waals surface area contributed by atoms with E-state index in [9.17, 15) is 4.79 Å². The van der Waals surface area contributed by atoms with Crippen LogP contribution in [-0.4, -0.2) is 63.2 Å². The summed E-state index contributed by atoms with van der Waals surface area (Å²) in [6.45, 7) is 11.4. The molecule has 2 saturated heterocycles. The number of likely N-dealkylation sites (tertiary alicyclic amines) is 1. The Bertz CT molecular complexity index is 1440. The van der Waals surface area contributed by atoms with Crippen LogP contribution in [0.5, 0.6) is 0 Å². The lowest BCUT2D eigenvalue weighted by Gasteiger charge is -2.36. The van der Waals surface area contributed by atoms with E-state index in [1.54, 1.807) is 10.8 Å². The number of imidazole rings is 1. The lowest BCUT2D eigenvalue weighted by atomic mass is 9.82. The number of aromatic nitrogens is 4. The van der Waals surface area contributed by atoms with Gasteiger partial charge in [-0.25, -0.2) is 4.98 Å². The molecule has 2 fully saturated rings. The van der Waals surface area contributed by atoms with Crippen LogP contribution >= 0.6 is 0 Å². The molecule has 2 aliphatic rings. The Labute approximate surface area is 211 Å². The van der Waals surface area contributed by atoms with E-state index in [-0.39, 0.29) is 5.56 Å². The quantitative estimate of drug-likeness (QED) is 0.430. The minimum atomic E-state index is -0.0409. The number of pyridine rings is 3. The maximum atomic E-state index is 13.3. The molecule has 8 nitrogen and oxygen atoms in total. The summed E-state index contributed by atoms with van der Waals surface area (Å²) in [5.74, 6) is 0. The van der Waals surface area contributed by atoms with Crippen molar-refractivity contribution in [2.24, 2.45) is 5.41 Å². The number of fused-ring (bicyclic) bond motifs is 2. The maximum Gasteiger partial charge on any atom is 0.260 e. The highest BCUT2D eigenvalue weighted by Gasteiger charge is 2.25. The monoisotopic (exact) mass is 486 g/mol. The topological polar surface area (TPSA) is 67.9 Å². The van der Waals surface area contributed by atoms with Gasteiger partial charge in [-0.1, -0.05) is 19.9 Å². The Morgan fingerprint density at radius 1 is 0.944 bits per heavy atom. The number of ether oxygens (including phenoxy) is 1. The summed E-state index contributed by atoms with van der Waals surface area (Å²) in [4.78, 5) is 27.3. The lowest BCUT2D eigenvalue weighted by molar-refractivity contribution is 0.123. The van der Waals surface area contributed by atoms with Gasteiger partial charge in [0, 0.05) is 49.8 Å². The molecule has 4 aromatic rings. The molecule has 4 aromatic heterocycles. The zero-order valence-electron chi connectivity index (χ0n) is 21.2. The van der Waals surface area contributed by atoms with Crippen LogP contribution in [0.15, 0.2) is 54.0 Å². The van der Waals surface area contributed by atoms with Crippen molar-refractivity contribution < 1.29 is 4.74 Å². The second kappa shape index (κ2) is 9.33. The molecule has 36 heavy (non-hydrogen) atoms. The zero-order valence-corrected chi connectivity index (χ0v) is 21.2. The van der Waals surface area contributed by atoms with Crippen molar-refractivity contribution in [1.29, 1.82) is 0 Å². The first-order valence-corrected chi connectivity index (χ1v) is 12.9. The number of anilines is 1. The van der Waals surface area contributed by atoms with Crippen molar-refractivity contribution in [3.8, 4) is 0 Å². The molecule has 0 N–H and O–H groups in total. The van der Waals surface area contributed by atoms with Crippen LogP contribution in [0.25, 0.3) is 16.4 Å². The molecule has 0 unspecified atom stereocenters. The Hall–Kier alpha value is -3.23. The highest BCUT2D eigenvalue weighted by Crippen LogP contribution is 2.30. The van der Waals surface area contributed by atoms with Crippen molar-refractivity contribution in [2.45, 2.75) is 39.8 Å². The number of hydrogen-bond acceptors (Lipinski definition) is 6. The molecule has 0 radical (unpaired) electrons. The molecular formula is C28H34N6O2. The van der Waals surface area contributed by atoms with Crippen LogP contribution in [-0.2, 0) is 17.8 Å². The second-order valence-corrected chi connectivity index (χ2v) is 10.9. The van der Waals surface area contributed by atoms with Crippen LogP contribution in [0.2, 0.25) is 0 Å². The number of rotatable bonds is 5. The minimum Gasteiger partial charge on any atom is -0.378 e. The van der Waals surface area contributed by atoms with Gasteiger partial charge < -0.3 is 18.6 Å². The van der Waals surface area contributed by atoms with E-state index in [0.29, 0.717) is 30.6 Å². The van der Waals surface area contributed by atoms with Crippen molar-refractivity contribution in [1.82, 2.24) is 23.8 Å². The molecule has 6 rings (SSSR count). The fourth-order valence-electron chi connectivity index (χ4n) is 5.38. The molecule has 8 heteroatoms. The summed E-state index contributed by atoms with van der Waals surface area (Å²) in [5.41, 5.74) is 4.47. The van der Waals surface area contributed by atoms with E-state index < -0.39 is 0 Å². The lowest BCUT2D eigenvalue weighted by Crippen LogP contribution is -2.36. The summed E-state index contributed by atoms with van der Waals surface area (Å²) in [6, 6.07) is 6.28. The van der Waals surface area contributed by atoms with E-state index in [4.69, 9.17) is 9.72 Å². The summed E-state index contributed by atoms with van der Waals surface area (Å²) >= 11 is 0. The van der Waals surface area contributed by atoms with Gasteiger partial charge in [0.05, 0.1) is 42.7 Å². The molecule has 188 valence electrons. The van der Waals surface area contributed by atoms with Crippen LogP contribution in [0.1, 0.15) is 37.9 Å². The van der Waals surface area contributed by atoms with Gasteiger partial charge in [0.25, 0.3) is 5.56 Å². The summed E-state index contributed by atoms with van der Waals surface area (Å²) in [5, 5.41) is 1.58. The predicted octanol–water partition coefficient (Wildman–Crippen LogP) is 3.55. The van der Waals surface area contributed by atoms with Gasteiger partial charge in [0.1, 0.15) is 5.65 Å². The highest BCUT2D eigenvalue weighted by atomic mass is 16.5. The summed E-state index contributed by atoms with van der Waals surface area (Å²) < 4.78 is 9.29. The standard InChI is InChI=1S/C28H34N6O2/c1-28(2)6-9-31(10-7-28)17-21-3-4-26-30-22(20-34(26)18-21)19-33-8-5-23-24(27(33)35)15-29-16-25(23)32-11-13-36-14-12-32/h3-5,8,15-16,18,20H,6-7,9-14,17,19H2,1-2H3. The van der Waals surface area contributed by atoms with Crippen molar-refractivity contribution >= 4 is 22.1 Å². The Kier molecular flexibility index (Phi) is 6.01. The largest absolute Gasteiger partial charge is 0.378 e. The maximum absolute atomic E-state index is 13.3. The molecular weight excluding hydrogens is 452 g/mol. The molecule has 0 aromatic carbocycles. The number of hydrogen-bond donors (Lipinski definition) is 0. The SMILES string of the molecule is CC1(C)CCN(Cc2ccc3nc(Cn4ccc5c(N6CCOCC6)cncc5c4=O)cn3c2)CC1. The first kappa shape index (κ1) is 23.2. The Balaban J connectivity index is 1.22. The zero-order chi connectivity index (χ0) is 24.7. The fraction of sp³-hybridized carbons (Fsp3) is 0.464. The van der Waals surface area contributed by atoms with Gasteiger partial charge in [-0.2, -0.15) is 0 Å². The smallest absolute Gasteiger partial charge is 0.260 e. The number of morpholine rings is 1. The van der Waals surface area contributed by atoms with Gasteiger partial charge in [-0.05, 0) is 49.0 Å². The average molecular weight is 487 g/mol. The third-order valence-corrected chi connectivity index (χ3v) is 7.74. The van der Waals surface area contributed by atoms with Crippen molar-refractivity contribution in [2.75, 3.05) is 44.3 Å². The Morgan fingerprint density at radius 3 is 2.56 bits per heavy atom. The summed E-state index contributed by atoms with van der Waals surface area (Å²) in [7, 11) is 0. The van der Waals surface area contributed by atoms with Gasteiger partial charge in [-0.3, -0.25) is 14.7 Å². The molecule has 0 saturated carbocycles. The molecule has 2 aliphatic heterocycles. The summed E-state index contributed by atoms with van der Waals surface area (Å²) in [6.07, 6.45) is 12.1. The van der Waals surface area contributed by atoms with Gasteiger partial charge in [-0.15, -0.1) is 0 Å². The fourth-order valence-corrected chi connectivity index (χ4v) is 5.38. The molecule has 0 spiro atoms. The molecule has 0 bridgehead atoms. The van der Waals surface area contributed by atoms with Crippen LogP contribution in [0, 0.1) is 5.41 Å². The normalized spacial score (nSPS) is 18.8. The van der Waals surface area contributed by atoms with Crippen molar-refractivity contribution in [3.05, 3.63) is 70.8 Å². The van der Waals surface area contributed by atoms with Gasteiger partial charge >= 0.3 is 0 Å². The molecule has 0 atom stereocenters. The molecule has 0 aliphatic carbocycles. The molecule has 6 heterocycles. The van der Waals surface area contributed by atoms with Gasteiger partial charge in [0.15, 0.2) is 0 Å². The van der Waals surface area contributed by atoms with E-state index in [1.165, 1.54) is 18.4 Å². The van der Waals surface area contributed by atoms with Crippen LogP contribution < -0.4 is 10.5 Å². The first-order chi connectivity index (χ1) is 17.4. The number of piperidine rings is 1. The van der Waals surface area contributed by atoms with Crippen LogP contribution in [0.4, 0.5) is 5.69 Å². The van der Waals surface area contributed by atoms with Crippen LogP contribution in [0.3, 0.4) is 0 Å². The average Bonchev–Trinajstić information content (AvgIpc) is 3.29. The third kappa shape index (κ3) is 4.63. The third-order valence-electron chi connectivity index (χ3n) is 7.74. The Morgan fingerprint density at radius 2 is 1.75 bits per heavy atom. The van der Waals surface area contributed by atoms with E-state index in [1.807, 2.05) is 24.7 Å². The predicted molar refractivity (Wildman–Crippen MR) is 142 cm³/mol. The van der Waals surface area contributed by atoms with E-state index in [2.05, 4.69) is 51.4 Å². The van der Waals surface area contributed by atoms with E-state index >= 15 is 0 Å². The number of nitrogens with zero attached hydrogens (tertiary/aromatic N) is 6. The van der Waals surface area contributed by atoms with Crippen molar-refractivity contribution in [3.63, 3.8) is 0 Å². The highest BCUT2D eigenvalue weighted by molar-refractivity contribution is 5.92. The second-order valence-electron chi connectivity index (χ2n) is 10.9. The van der Waals surface area contributed by atoms with Gasteiger partial charge in [0.2, 0.25) is 0 Å². The first-order valence-electron chi connectivity index (χ1n) is 12.9.